The van der Waals surface area contributed by atoms with Crippen LogP contribution in [0.15, 0.2) is 48.5 Å². The predicted molar refractivity (Wildman–Crippen MR) is 125 cm³/mol. The average Bonchev–Trinajstić information content (AvgIpc) is 3.20. The summed E-state index contributed by atoms with van der Waals surface area (Å²) in [5, 5.41) is 0. The standard InChI is InChI=1S/C13H10.C9H15N3.2C2H6/c1-3-7-12-10(5-1)9-11-6-2-4-8-13(11)12;1-4-7-10-8(5-2)12-9(6-3)11-7;2*1-2/h1-8H,9H2;4-6H2,1-3H3;2*1-2H3. The van der Waals surface area contributed by atoms with Gasteiger partial charge in [0, 0.05) is 19.3 Å². The molecule has 0 amide bonds. The predicted octanol–water partition coefficient (Wildman–Crippen LogP) is 6.87. The molecule has 3 heteroatoms. The molecule has 1 aliphatic carbocycles. The molecule has 0 unspecified atom stereocenters. The Hall–Kier alpha value is -2.55. The van der Waals surface area contributed by atoms with Crippen LogP contribution in [0.5, 0.6) is 0 Å². The van der Waals surface area contributed by atoms with Gasteiger partial charge in [-0.25, -0.2) is 15.0 Å². The van der Waals surface area contributed by atoms with Crippen molar-refractivity contribution in [3.05, 3.63) is 77.1 Å². The van der Waals surface area contributed by atoms with Crippen molar-refractivity contribution >= 4 is 0 Å². The first-order valence-corrected chi connectivity index (χ1v) is 11.1. The molecule has 0 saturated heterocycles. The number of rotatable bonds is 3. The maximum Gasteiger partial charge on any atom is 0.132 e. The first-order valence-electron chi connectivity index (χ1n) is 11.1. The largest absolute Gasteiger partial charge is 0.218 e. The van der Waals surface area contributed by atoms with Gasteiger partial charge in [0.25, 0.3) is 0 Å². The molecule has 4 rings (SSSR count). The van der Waals surface area contributed by atoms with Crippen molar-refractivity contribution in [3.63, 3.8) is 0 Å². The molecule has 0 fully saturated rings. The number of benzene rings is 2. The fourth-order valence-electron chi connectivity index (χ4n) is 3.08. The van der Waals surface area contributed by atoms with Gasteiger partial charge in [-0.05, 0) is 28.7 Å². The summed E-state index contributed by atoms with van der Waals surface area (Å²) in [6.45, 7) is 14.2. The third-order valence-electron chi connectivity index (χ3n) is 4.43. The van der Waals surface area contributed by atoms with Crippen LogP contribution in [0.4, 0.5) is 0 Å². The second-order valence-corrected chi connectivity index (χ2v) is 6.14. The highest BCUT2D eigenvalue weighted by molar-refractivity contribution is 5.76. The quantitative estimate of drug-likeness (QED) is 0.382. The topological polar surface area (TPSA) is 38.7 Å². The van der Waals surface area contributed by atoms with Gasteiger partial charge < -0.3 is 0 Å². The molecule has 156 valence electrons. The number of fused-ring (bicyclic) bond motifs is 3. The van der Waals surface area contributed by atoms with E-state index in [1.54, 1.807) is 0 Å². The van der Waals surface area contributed by atoms with Crippen molar-refractivity contribution in [2.45, 2.75) is 74.1 Å². The minimum absolute atomic E-state index is 0.891. The maximum atomic E-state index is 4.30. The van der Waals surface area contributed by atoms with Crippen molar-refractivity contribution in [1.29, 1.82) is 0 Å². The second kappa shape index (κ2) is 13.6. The number of nitrogens with zero attached hydrogens (tertiary/aromatic N) is 3. The van der Waals surface area contributed by atoms with E-state index in [1.165, 1.54) is 22.3 Å². The molecule has 1 aromatic heterocycles. The van der Waals surface area contributed by atoms with Crippen molar-refractivity contribution in [2.24, 2.45) is 0 Å². The normalized spacial score (nSPS) is 10.2. The minimum atomic E-state index is 0.891. The van der Waals surface area contributed by atoms with Gasteiger partial charge in [0.15, 0.2) is 0 Å². The molecule has 0 N–H and O–H groups in total. The Kier molecular flexibility index (Phi) is 11.5. The molecule has 0 aliphatic heterocycles. The molecule has 1 heterocycles. The lowest BCUT2D eigenvalue weighted by molar-refractivity contribution is 0.772. The van der Waals surface area contributed by atoms with Gasteiger partial charge in [0.05, 0.1) is 0 Å². The van der Waals surface area contributed by atoms with E-state index in [2.05, 4.69) is 84.3 Å². The summed E-state index contributed by atoms with van der Waals surface area (Å²) in [7, 11) is 0. The molecule has 3 aromatic rings. The van der Waals surface area contributed by atoms with Crippen molar-refractivity contribution < 1.29 is 0 Å². The van der Waals surface area contributed by atoms with E-state index in [0.29, 0.717) is 0 Å². The van der Waals surface area contributed by atoms with Gasteiger partial charge in [-0.1, -0.05) is 97.0 Å². The Morgan fingerprint density at radius 3 is 1.17 bits per heavy atom. The summed E-state index contributed by atoms with van der Waals surface area (Å²) in [5.41, 5.74) is 5.75. The first kappa shape index (κ1) is 24.5. The van der Waals surface area contributed by atoms with Crippen LogP contribution in [-0.2, 0) is 25.7 Å². The fraction of sp³-hybridized carbons (Fsp3) is 0.423. The summed E-state index contributed by atoms with van der Waals surface area (Å²) in [6, 6.07) is 17.3. The molecule has 0 bridgehead atoms. The molecule has 0 atom stereocenters. The van der Waals surface area contributed by atoms with Gasteiger partial charge in [-0.2, -0.15) is 0 Å². The van der Waals surface area contributed by atoms with Crippen LogP contribution in [0.3, 0.4) is 0 Å². The van der Waals surface area contributed by atoms with E-state index in [0.717, 1.165) is 43.2 Å². The van der Waals surface area contributed by atoms with Crippen LogP contribution < -0.4 is 0 Å². The Morgan fingerprint density at radius 1 is 0.552 bits per heavy atom. The van der Waals surface area contributed by atoms with Crippen LogP contribution in [-0.4, -0.2) is 15.0 Å². The number of hydrogen-bond acceptors (Lipinski definition) is 3. The van der Waals surface area contributed by atoms with Gasteiger partial charge >= 0.3 is 0 Å². The summed E-state index contributed by atoms with van der Waals surface area (Å²) in [4.78, 5) is 12.9. The van der Waals surface area contributed by atoms with E-state index >= 15 is 0 Å². The Morgan fingerprint density at radius 2 is 0.862 bits per heavy atom. The van der Waals surface area contributed by atoms with Crippen molar-refractivity contribution in [2.75, 3.05) is 0 Å². The fourth-order valence-corrected chi connectivity index (χ4v) is 3.08. The van der Waals surface area contributed by atoms with Crippen LogP contribution in [0.1, 0.15) is 77.1 Å². The SMILES string of the molecule is CC.CC.CCc1nc(CC)nc(CC)n1.c1ccc2c(c1)Cc1ccccc1-2. The zero-order valence-electron chi connectivity index (χ0n) is 19.3. The lowest BCUT2D eigenvalue weighted by Gasteiger charge is -2.01. The molecule has 1 aliphatic rings. The molecule has 0 saturated carbocycles. The maximum absolute atomic E-state index is 4.30. The van der Waals surface area contributed by atoms with E-state index in [-0.39, 0.29) is 0 Å². The van der Waals surface area contributed by atoms with E-state index in [4.69, 9.17) is 0 Å². The molecule has 0 radical (unpaired) electrons. The summed E-state index contributed by atoms with van der Waals surface area (Å²) < 4.78 is 0. The zero-order chi connectivity index (χ0) is 21.6. The van der Waals surface area contributed by atoms with Crippen LogP contribution in [0.25, 0.3) is 11.1 Å². The molecule has 3 nitrogen and oxygen atoms in total. The minimum Gasteiger partial charge on any atom is -0.218 e. The highest BCUT2D eigenvalue weighted by Gasteiger charge is 2.15. The number of aromatic nitrogens is 3. The summed E-state index contributed by atoms with van der Waals surface area (Å²) in [5.74, 6) is 2.75. The highest BCUT2D eigenvalue weighted by atomic mass is 15.0. The van der Waals surface area contributed by atoms with Crippen LogP contribution in [0.2, 0.25) is 0 Å². The van der Waals surface area contributed by atoms with Gasteiger partial charge in [0.1, 0.15) is 17.5 Å². The second-order valence-electron chi connectivity index (χ2n) is 6.14. The number of hydrogen-bond donors (Lipinski definition) is 0. The van der Waals surface area contributed by atoms with E-state index < -0.39 is 0 Å². The lowest BCUT2D eigenvalue weighted by atomic mass is 10.1. The average molecular weight is 392 g/mol. The van der Waals surface area contributed by atoms with E-state index in [9.17, 15) is 0 Å². The Bertz CT molecular complexity index is 757. The molecular weight excluding hydrogens is 354 g/mol. The van der Waals surface area contributed by atoms with Crippen molar-refractivity contribution in [3.8, 4) is 11.1 Å². The zero-order valence-corrected chi connectivity index (χ0v) is 19.3. The van der Waals surface area contributed by atoms with Gasteiger partial charge in [-0.3, -0.25) is 0 Å². The summed E-state index contributed by atoms with van der Waals surface area (Å²) >= 11 is 0. The molecule has 0 spiro atoms. The van der Waals surface area contributed by atoms with Crippen LogP contribution in [0, 0.1) is 0 Å². The third kappa shape index (κ3) is 6.77. The summed E-state index contributed by atoms with van der Waals surface area (Å²) in [6.07, 6.45) is 3.78. The Balaban J connectivity index is 0.000000249. The first-order chi connectivity index (χ1) is 14.2. The van der Waals surface area contributed by atoms with Crippen molar-refractivity contribution in [1.82, 2.24) is 15.0 Å². The molecule has 29 heavy (non-hydrogen) atoms. The monoisotopic (exact) mass is 391 g/mol. The van der Waals surface area contributed by atoms with E-state index in [1.807, 2.05) is 27.7 Å². The molecular formula is C26H37N3. The number of aryl methyl sites for hydroxylation is 3. The highest BCUT2D eigenvalue weighted by Crippen LogP contribution is 2.35. The Labute approximate surface area is 177 Å². The third-order valence-corrected chi connectivity index (χ3v) is 4.43. The smallest absolute Gasteiger partial charge is 0.132 e. The van der Waals surface area contributed by atoms with Crippen LogP contribution >= 0.6 is 0 Å². The molecule has 2 aromatic carbocycles. The lowest BCUT2D eigenvalue weighted by Crippen LogP contribution is -2.05. The van der Waals surface area contributed by atoms with Gasteiger partial charge in [-0.15, -0.1) is 0 Å². The van der Waals surface area contributed by atoms with Gasteiger partial charge in [0.2, 0.25) is 0 Å².